The Bertz CT molecular complexity index is 611. The lowest BCUT2D eigenvalue weighted by molar-refractivity contribution is -0.133. The summed E-state index contributed by atoms with van der Waals surface area (Å²) in [6.45, 7) is 3.51. The van der Waals surface area contributed by atoms with Gasteiger partial charge in [-0.1, -0.05) is 42.5 Å². The fourth-order valence-corrected chi connectivity index (χ4v) is 2.58. The highest BCUT2D eigenvalue weighted by Crippen LogP contribution is 2.19. The summed E-state index contributed by atoms with van der Waals surface area (Å²) < 4.78 is 5.16. The maximum absolute atomic E-state index is 12.9. The van der Waals surface area contributed by atoms with Crippen molar-refractivity contribution < 1.29 is 9.53 Å². The van der Waals surface area contributed by atoms with Crippen molar-refractivity contribution in [2.24, 2.45) is 5.73 Å². The normalized spacial score (nSPS) is 11.8. The standard InChI is InChI=1S/C19H24N2O2/c1-3-21(14-15-9-11-17(23-2)12-10-15)19(22)18(13-20)16-7-5-4-6-8-16/h4-12,18H,3,13-14,20H2,1-2H3. The Balaban J connectivity index is 2.13. The van der Waals surface area contributed by atoms with Gasteiger partial charge in [0.2, 0.25) is 5.91 Å². The van der Waals surface area contributed by atoms with Crippen LogP contribution in [0.4, 0.5) is 0 Å². The van der Waals surface area contributed by atoms with E-state index in [1.807, 2.05) is 66.4 Å². The molecule has 0 aliphatic carbocycles. The van der Waals surface area contributed by atoms with Gasteiger partial charge in [-0.25, -0.2) is 0 Å². The minimum atomic E-state index is -0.297. The van der Waals surface area contributed by atoms with Crippen LogP contribution in [0, 0.1) is 0 Å². The maximum Gasteiger partial charge on any atom is 0.231 e. The number of nitrogens with zero attached hydrogens (tertiary/aromatic N) is 1. The number of rotatable bonds is 7. The van der Waals surface area contributed by atoms with Crippen LogP contribution < -0.4 is 10.5 Å². The number of methoxy groups -OCH3 is 1. The second-order valence-electron chi connectivity index (χ2n) is 5.40. The summed E-state index contributed by atoms with van der Waals surface area (Å²) in [5.74, 6) is 0.582. The molecule has 0 heterocycles. The molecule has 0 radical (unpaired) electrons. The second kappa shape index (κ2) is 8.34. The van der Waals surface area contributed by atoms with E-state index in [1.54, 1.807) is 7.11 Å². The zero-order chi connectivity index (χ0) is 16.7. The van der Waals surface area contributed by atoms with Gasteiger partial charge in [-0.15, -0.1) is 0 Å². The lowest BCUT2D eigenvalue weighted by Gasteiger charge is -2.26. The molecule has 23 heavy (non-hydrogen) atoms. The highest BCUT2D eigenvalue weighted by molar-refractivity contribution is 5.84. The van der Waals surface area contributed by atoms with Crippen LogP contribution in [-0.2, 0) is 11.3 Å². The Kier molecular flexibility index (Phi) is 6.18. The summed E-state index contributed by atoms with van der Waals surface area (Å²) >= 11 is 0. The maximum atomic E-state index is 12.9. The molecule has 0 bridgehead atoms. The molecule has 0 aromatic heterocycles. The van der Waals surface area contributed by atoms with Crippen LogP contribution >= 0.6 is 0 Å². The third-order valence-electron chi connectivity index (χ3n) is 3.96. The summed E-state index contributed by atoms with van der Waals surface area (Å²) in [5.41, 5.74) is 7.91. The lowest BCUT2D eigenvalue weighted by Crippen LogP contribution is -2.37. The fourth-order valence-electron chi connectivity index (χ4n) is 2.58. The number of carbonyl (C=O) groups excluding carboxylic acids is 1. The second-order valence-corrected chi connectivity index (χ2v) is 5.40. The number of hydrogen-bond donors (Lipinski definition) is 1. The topological polar surface area (TPSA) is 55.6 Å². The first-order valence-electron chi connectivity index (χ1n) is 7.86. The van der Waals surface area contributed by atoms with Gasteiger partial charge in [0, 0.05) is 19.6 Å². The van der Waals surface area contributed by atoms with Gasteiger partial charge >= 0.3 is 0 Å². The number of ether oxygens (including phenoxy) is 1. The molecule has 2 rings (SSSR count). The van der Waals surface area contributed by atoms with E-state index in [2.05, 4.69) is 0 Å². The van der Waals surface area contributed by atoms with E-state index < -0.39 is 0 Å². The number of likely N-dealkylation sites (N-methyl/N-ethyl adjacent to an activating group) is 1. The Labute approximate surface area is 137 Å². The molecule has 0 fully saturated rings. The highest BCUT2D eigenvalue weighted by atomic mass is 16.5. The van der Waals surface area contributed by atoms with E-state index in [0.29, 0.717) is 19.6 Å². The summed E-state index contributed by atoms with van der Waals surface area (Å²) in [4.78, 5) is 14.7. The molecule has 1 atom stereocenters. The Morgan fingerprint density at radius 1 is 1.13 bits per heavy atom. The third-order valence-corrected chi connectivity index (χ3v) is 3.96. The van der Waals surface area contributed by atoms with Crippen molar-refractivity contribution in [1.82, 2.24) is 4.90 Å². The molecular formula is C19H24N2O2. The molecule has 0 saturated heterocycles. The van der Waals surface area contributed by atoms with Crippen molar-refractivity contribution in [3.63, 3.8) is 0 Å². The van der Waals surface area contributed by atoms with Gasteiger partial charge < -0.3 is 15.4 Å². The third kappa shape index (κ3) is 4.33. The summed E-state index contributed by atoms with van der Waals surface area (Å²) in [5, 5.41) is 0. The van der Waals surface area contributed by atoms with E-state index in [9.17, 15) is 4.79 Å². The van der Waals surface area contributed by atoms with Crippen LogP contribution in [0.1, 0.15) is 24.0 Å². The van der Waals surface area contributed by atoms with Crippen LogP contribution in [0.2, 0.25) is 0 Å². The predicted molar refractivity (Wildman–Crippen MR) is 92.3 cm³/mol. The first-order valence-corrected chi connectivity index (χ1v) is 7.86. The lowest BCUT2D eigenvalue weighted by atomic mass is 9.97. The molecule has 2 aromatic carbocycles. The van der Waals surface area contributed by atoms with E-state index in [-0.39, 0.29) is 11.8 Å². The van der Waals surface area contributed by atoms with E-state index in [4.69, 9.17) is 10.5 Å². The quantitative estimate of drug-likeness (QED) is 0.855. The van der Waals surface area contributed by atoms with Crippen molar-refractivity contribution in [2.75, 3.05) is 20.2 Å². The molecule has 2 aromatic rings. The van der Waals surface area contributed by atoms with Crippen molar-refractivity contribution in [2.45, 2.75) is 19.4 Å². The van der Waals surface area contributed by atoms with E-state index >= 15 is 0 Å². The average molecular weight is 312 g/mol. The first-order chi connectivity index (χ1) is 11.2. The number of carbonyl (C=O) groups is 1. The molecule has 0 aliphatic heterocycles. The van der Waals surface area contributed by atoms with Gasteiger partial charge in [0.1, 0.15) is 5.75 Å². The average Bonchev–Trinajstić information content (AvgIpc) is 2.61. The van der Waals surface area contributed by atoms with Crippen molar-refractivity contribution in [3.05, 3.63) is 65.7 Å². The van der Waals surface area contributed by atoms with Gasteiger partial charge in [-0.2, -0.15) is 0 Å². The van der Waals surface area contributed by atoms with Gasteiger partial charge in [0.25, 0.3) is 0 Å². The van der Waals surface area contributed by atoms with Crippen LogP contribution in [-0.4, -0.2) is 31.0 Å². The molecule has 0 aliphatic rings. The van der Waals surface area contributed by atoms with Crippen molar-refractivity contribution in [1.29, 1.82) is 0 Å². The van der Waals surface area contributed by atoms with Crippen molar-refractivity contribution in [3.8, 4) is 5.75 Å². The highest BCUT2D eigenvalue weighted by Gasteiger charge is 2.23. The molecule has 4 nitrogen and oxygen atoms in total. The molecule has 4 heteroatoms. The van der Waals surface area contributed by atoms with Crippen LogP contribution in [0.15, 0.2) is 54.6 Å². The number of benzene rings is 2. The predicted octanol–water partition coefficient (Wildman–Crippen LogP) is 2.79. The molecule has 0 saturated carbocycles. The number of amides is 1. The summed E-state index contributed by atoms with van der Waals surface area (Å²) in [6, 6.07) is 17.5. The Morgan fingerprint density at radius 2 is 1.78 bits per heavy atom. The van der Waals surface area contributed by atoms with E-state index in [1.165, 1.54) is 0 Å². The fraction of sp³-hybridized carbons (Fsp3) is 0.316. The minimum absolute atomic E-state index is 0.0667. The molecule has 1 unspecified atom stereocenters. The van der Waals surface area contributed by atoms with Crippen LogP contribution in [0.3, 0.4) is 0 Å². The van der Waals surface area contributed by atoms with Gasteiger partial charge in [-0.3, -0.25) is 4.79 Å². The van der Waals surface area contributed by atoms with Gasteiger partial charge in [0.15, 0.2) is 0 Å². The zero-order valence-corrected chi connectivity index (χ0v) is 13.7. The van der Waals surface area contributed by atoms with E-state index in [0.717, 1.165) is 16.9 Å². The first kappa shape index (κ1) is 17.0. The van der Waals surface area contributed by atoms with Gasteiger partial charge in [0.05, 0.1) is 13.0 Å². The van der Waals surface area contributed by atoms with Crippen molar-refractivity contribution >= 4 is 5.91 Å². The number of hydrogen-bond acceptors (Lipinski definition) is 3. The molecule has 1 amide bonds. The monoisotopic (exact) mass is 312 g/mol. The molecule has 2 N–H and O–H groups in total. The summed E-state index contributed by atoms with van der Waals surface area (Å²) in [7, 11) is 1.64. The zero-order valence-electron chi connectivity index (χ0n) is 13.7. The Hall–Kier alpha value is -2.33. The summed E-state index contributed by atoms with van der Waals surface area (Å²) in [6.07, 6.45) is 0. The Morgan fingerprint density at radius 3 is 2.30 bits per heavy atom. The molecule has 122 valence electrons. The van der Waals surface area contributed by atoms with Crippen LogP contribution in [0.25, 0.3) is 0 Å². The largest absolute Gasteiger partial charge is 0.497 e. The number of nitrogens with two attached hydrogens (primary N) is 1. The minimum Gasteiger partial charge on any atom is -0.497 e. The molecule has 0 spiro atoms. The molecular weight excluding hydrogens is 288 g/mol. The SMILES string of the molecule is CCN(Cc1ccc(OC)cc1)C(=O)C(CN)c1ccccc1. The smallest absolute Gasteiger partial charge is 0.231 e. The van der Waals surface area contributed by atoms with Gasteiger partial charge in [-0.05, 0) is 30.2 Å². The van der Waals surface area contributed by atoms with Crippen LogP contribution in [0.5, 0.6) is 5.75 Å².